The summed E-state index contributed by atoms with van der Waals surface area (Å²) in [4.78, 5) is 0. The van der Waals surface area contributed by atoms with Gasteiger partial charge in [-0.05, 0) is 0 Å². The summed E-state index contributed by atoms with van der Waals surface area (Å²) in [7, 11) is 0. The number of hydrogen-bond donors (Lipinski definition) is 0. The molecule has 0 fully saturated rings. The van der Waals surface area contributed by atoms with Gasteiger partial charge in [0.15, 0.2) is 0 Å². The van der Waals surface area contributed by atoms with E-state index < -0.39 is 0 Å². The normalized spacial score (nSPS) is 0. The maximum Gasteiger partial charge on any atom is 0 e. The van der Waals surface area contributed by atoms with E-state index in [-0.39, 0.29) is 83.7 Å². The van der Waals surface area contributed by atoms with Crippen LogP contribution in [0.3, 0.4) is 0 Å². The molecular formula is H5BiHfOZr. The summed E-state index contributed by atoms with van der Waals surface area (Å²) < 4.78 is 0. The summed E-state index contributed by atoms with van der Waals surface area (Å²) in [6.45, 7) is 0. The van der Waals surface area contributed by atoms with Crippen LogP contribution in [0, 0.1) is 0 Å². The molecule has 0 heterocycles. The molecule has 1 nitrogen and oxygen atoms in total. The number of hydrogen-bond acceptors (Lipinski definition) is 0. The van der Waals surface area contributed by atoms with Gasteiger partial charge in [0.1, 0.15) is 0 Å². The molecule has 0 rings (SSSR count). The summed E-state index contributed by atoms with van der Waals surface area (Å²) in [5.41, 5.74) is 0. The first-order valence-corrected chi connectivity index (χ1v) is 0. The fraction of sp³-hybridized carbons (Fsp3) is 0. The third kappa shape index (κ3) is 8.82. The molecule has 0 aliphatic heterocycles. The van der Waals surface area contributed by atoms with Crippen LogP contribution < -0.4 is 0 Å². The van der Waals surface area contributed by atoms with Gasteiger partial charge in [0.05, 0.1) is 0 Å². The van der Waals surface area contributed by atoms with E-state index in [1.54, 1.807) is 0 Å². The predicted octanol–water partition coefficient (Wildman–Crippen LogP) is -2.01. The van der Waals surface area contributed by atoms with Gasteiger partial charge in [-0.2, -0.15) is 0 Å². The Morgan fingerprint density at radius 1 is 1.00 bits per heavy atom. The van der Waals surface area contributed by atoms with Crippen molar-refractivity contribution >= 4 is 26.2 Å². The molecule has 2 N–H and O–H groups in total. The fourth-order valence-electron chi connectivity index (χ4n) is 0. The Balaban J connectivity index is 0. The van der Waals surface area contributed by atoms with Crippen molar-refractivity contribution in [2.24, 2.45) is 0 Å². The molecule has 0 aromatic heterocycles. The molecular weight excluding hydrogens is 495 g/mol. The SMILES string of the molecule is O.[BiH3].[Hf].[Zr]. The van der Waals surface area contributed by atoms with Crippen LogP contribution in [0.2, 0.25) is 0 Å². The van der Waals surface area contributed by atoms with Gasteiger partial charge in [-0.3, -0.25) is 0 Å². The van der Waals surface area contributed by atoms with Gasteiger partial charge in [0.25, 0.3) is 0 Å². The van der Waals surface area contributed by atoms with E-state index in [0.29, 0.717) is 0 Å². The van der Waals surface area contributed by atoms with Gasteiger partial charge in [-0.25, -0.2) is 0 Å². The van der Waals surface area contributed by atoms with Crippen molar-refractivity contribution in [3.63, 3.8) is 0 Å². The van der Waals surface area contributed by atoms with E-state index in [9.17, 15) is 0 Å². The Kier molecular flexibility index (Phi) is 134. The molecule has 4 heteroatoms. The Morgan fingerprint density at radius 3 is 1.00 bits per heavy atom. The van der Waals surface area contributed by atoms with Crippen LogP contribution in [0.5, 0.6) is 0 Å². The maximum absolute atomic E-state index is 0. The van der Waals surface area contributed by atoms with E-state index in [1.165, 1.54) is 0 Å². The van der Waals surface area contributed by atoms with E-state index in [4.69, 9.17) is 0 Å². The molecule has 0 saturated carbocycles. The van der Waals surface area contributed by atoms with E-state index >= 15 is 0 Å². The Morgan fingerprint density at radius 2 is 1.00 bits per heavy atom. The zero-order valence-electron chi connectivity index (χ0n) is 2.21. The Labute approximate surface area is 82.3 Å². The summed E-state index contributed by atoms with van der Waals surface area (Å²) >= 11 is 0. The predicted molar refractivity (Wildman–Crippen MR) is 13.6 cm³/mol. The van der Waals surface area contributed by atoms with Crippen LogP contribution in [0.15, 0.2) is 0 Å². The molecule has 0 aromatic carbocycles. The van der Waals surface area contributed by atoms with Crippen LogP contribution in [0.1, 0.15) is 0 Å². The molecule has 0 amide bonds. The monoisotopic (exact) mass is 500 g/mol. The molecule has 0 aliphatic rings. The minimum absolute atomic E-state index is 0. The van der Waals surface area contributed by atoms with Gasteiger partial charge in [-0.15, -0.1) is 0 Å². The molecule has 0 unspecified atom stereocenters. The molecule has 0 radical (unpaired) electrons. The largest absolute Gasteiger partial charge is 0 e. The first-order valence-electron chi connectivity index (χ1n) is 0. The van der Waals surface area contributed by atoms with Crippen LogP contribution in [-0.4, -0.2) is 31.7 Å². The average Bonchev–Trinajstić information content (AvgIpc) is 0. The fourth-order valence-corrected chi connectivity index (χ4v) is 0. The molecule has 0 bridgehead atoms. The molecule has 0 spiro atoms. The molecule has 0 atom stereocenters. The van der Waals surface area contributed by atoms with Gasteiger partial charge in [-0.1, -0.05) is 0 Å². The van der Waals surface area contributed by atoms with Gasteiger partial charge in [0, 0.05) is 52.0 Å². The van der Waals surface area contributed by atoms with Crippen LogP contribution in [0.25, 0.3) is 0 Å². The van der Waals surface area contributed by atoms with Crippen LogP contribution in [0.4, 0.5) is 0 Å². The average molecular weight is 500 g/mol. The van der Waals surface area contributed by atoms with Crippen molar-refractivity contribution < 1.29 is 57.5 Å². The Bertz CT molecular complexity index is 8.00. The maximum atomic E-state index is 0. The standard InChI is InChI=1S/Bi.Hf.H2O.Zr.3H/h;;1H2;;;;. The van der Waals surface area contributed by atoms with Gasteiger partial charge in [0.2, 0.25) is 0 Å². The zero-order valence-corrected chi connectivity index (χ0v) is 13.8. The van der Waals surface area contributed by atoms with Crippen molar-refractivity contribution in [1.82, 2.24) is 0 Å². The second kappa shape index (κ2) is 17.5. The molecule has 0 aliphatic carbocycles. The smallest absolute Gasteiger partial charge is 0 e. The quantitative estimate of drug-likeness (QED) is 0.345. The molecule has 0 saturated heterocycles. The van der Waals surface area contributed by atoms with Crippen molar-refractivity contribution in [3.05, 3.63) is 0 Å². The van der Waals surface area contributed by atoms with Crippen LogP contribution >= 0.6 is 0 Å². The zero-order chi connectivity index (χ0) is 0. The van der Waals surface area contributed by atoms with Crippen molar-refractivity contribution in [2.75, 3.05) is 0 Å². The molecule has 4 heavy (non-hydrogen) atoms. The number of rotatable bonds is 0. The van der Waals surface area contributed by atoms with Crippen molar-refractivity contribution in [1.29, 1.82) is 0 Å². The third-order valence-corrected chi connectivity index (χ3v) is 0. The topological polar surface area (TPSA) is 31.5 Å². The second-order valence-corrected chi connectivity index (χ2v) is 0. The first-order chi connectivity index (χ1) is 0. The summed E-state index contributed by atoms with van der Waals surface area (Å²) in [6.07, 6.45) is 0. The second-order valence-electron chi connectivity index (χ2n) is 0. The summed E-state index contributed by atoms with van der Waals surface area (Å²) in [6, 6.07) is 0. The summed E-state index contributed by atoms with van der Waals surface area (Å²) in [5, 5.41) is 0. The van der Waals surface area contributed by atoms with E-state index in [1.807, 2.05) is 0 Å². The molecule has 24 valence electrons. The Hall–Kier alpha value is 2.60. The van der Waals surface area contributed by atoms with Gasteiger partial charge < -0.3 is 5.48 Å². The minimum Gasteiger partial charge on any atom is 0 e. The van der Waals surface area contributed by atoms with E-state index in [0.717, 1.165) is 0 Å². The minimum atomic E-state index is 0. The van der Waals surface area contributed by atoms with Gasteiger partial charge >= 0.3 is 26.2 Å². The third-order valence-electron chi connectivity index (χ3n) is 0. The first kappa shape index (κ1) is 30.6. The van der Waals surface area contributed by atoms with E-state index in [2.05, 4.69) is 0 Å². The summed E-state index contributed by atoms with van der Waals surface area (Å²) in [5.74, 6) is 0. The van der Waals surface area contributed by atoms with Crippen LogP contribution in [-0.2, 0) is 52.0 Å². The van der Waals surface area contributed by atoms with Crippen molar-refractivity contribution in [2.45, 2.75) is 0 Å². The molecule has 0 aromatic rings. The van der Waals surface area contributed by atoms with Crippen molar-refractivity contribution in [3.8, 4) is 0 Å².